The van der Waals surface area contributed by atoms with Crippen LogP contribution in [0.15, 0.2) is 122 Å². The van der Waals surface area contributed by atoms with E-state index in [2.05, 4.69) is 378 Å². The van der Waals surface area contributed by atoms with E-state index in [-0.39, 0.29) is 0 Å². The highest BCUT2D eigenvalue weighted by molar-refractivity contribution is 6.90. The van der Waals surface area contributed by atoms with Crippen LogP contribution in [0.25, 0.3) is 45.0 Å². The van der Waals surface area contributed by atoms with Crippen molar-refractivity contribution < 1.29 is 18.3 Å². The van der Waals surface area contributed by atoms with Crippen LogP contribution in [0.2, 0.25) is 78.6 Å². The molecule has 4 heterocycles. The van der Waals surface area contributed by atoms with Gasteiger partial charge in [-0.05, 0) is 232 Å². The maximum atomic E-state index is 2.53. The van der Waals surface area contributed by atoms with Crippen molar-refractivity contribution in [2.24, 2.45) is 34.1 Å². The van der Waals surface area contributed by atoms with Crippen LogP contribution in [0.5, 0.6) is 0 Å². The van der Waals surface area contributed by atoms with E-state index >= 15 is 0 Å². The molecule has 4 nitrogen and oxygen atoms in total. The first-order chi connectivity index (χ1) is 49.0. The fraction of sp³-hybridized carbons (Fsp3) is 0.546. The highest BCUT2D eigenvalue weighted by Crippen LogP contribution is 2.36. The molecule has 105 heavy (non-hydrogen) atoms. The topological polar surface area (TPSA) is 15.5 Å². The van der Waals surface area contributed by atoms with Crippen molar-refractivity contribution in [1.29, 1.82) is 0 Å². The maximum absolute atomic E-state index is 2.53. The van der Waals surface area contributed by atoms with Crippen molar-refractivity contribution >= 4 is 53.0 Å². The van der Waals surface area contributed by atoms with Crippen molar-refractivity contribution in [2.75, 3.05) is 0 Å². The van der Waals surface area contributed by atoms with E-state index in [1.165, 1.54) is 154 Å². The Morgan fingerprint density at radius 3 is 0.848 bits per heavy atom. The van der Waals surface area contributed by atoms with Gasteiger partial charge in [0.15, 0.2) is 24.8 Å². The van der Waals surface area contributed by atoms with E-state index in [0.717, 1.165) is 6.42 Å². The molecule has 574 valence electrons. The Hall–Kier alpha value is -5.65. The van der Waals surface area contributed by atoms with Gasteiger partial charge in [0, 0.05) is 67.3 Å². The summed E-state index contributed by atoms with van der Waals surface area (Å²) in [5.74, 6) is 4.57. The second-order valence-corrected chi connectivity index (χ2v) is 56.6. The average Bonchev–Trinajstić information content (AvgIpc) is 0.792. The van der Waals surface area contributed by atoms with Crippen LogP contribution in [0.1, 0.15) is 263 Å². The van der Waals surface area contributed by atoms with Crippen LogP contribution in [-0.4, -0.2) is 32.3 Å². The first-order valence-electron chi connectivity index (χ1n) is 41.6. The maximum Gasteiger partial charge on any atom is 0.212 e. The summed E-state index contributed by atoms with van der Waals surface area (Å²) >= 11 is 0. The van der Waals surface area contributed by atoms with Gasteiger partial charge < -0.3 is 0 Å². The molecular weight excluding hydrogens is 1330 g/mol. The van der Waals surface area contributed by atoms with Gasteiger partial charge in [-0.25, -0.2) is 18.3 Å². The quantitative estimate of drug-likeness (QED) is 0.0379. The molecule has 8 aromatic rings. The summed E-state index contributed by atoms with van der Waals surface area (Å²) in [6.45, 7) is 73.2. The minimum absolute atomic E-state index is 0.575. The van der Waals surface area contributed by atoms with Crippen molar-refractivity contribution in [1.82, 2.24) is 0 Å². The van der Waals surface area contributed by atoms with E-state index in [1.54, 1.807) is 43.0 Å². The van der Waals surface area contributed by atoms with E-state index < -0.39 is 32.3 Å². The summed E-state index contributed by atoms with van der Waals surface area (Å²) in [4.78, 5) is 0. The largest absolute Gasteiger partial charge is 0.212 e. The van der Waals surface area contributed by atoms with Gasteiger partial charge in [0.25, 0.3) is 0 Å². The standard InChI is InChI=1S/C26H42NSi.C25H40NSi.C24H38NSi.C22H34NSi/c1-10-20(11-2)22-15-14-19(5)23(16-22)25-17-24(21(12-3)13-4)26(18-27(25)6)28(7,8)9;1-10-21(11-2)23-16-24(26(6)17-25(23)27(7,8)9)22-13-12-20(14-18(3)4)15-19(22)5;1-10-19(11-2)22-15-23(25(6)16-24(22)26(7,8)9)21-13-12-20(17(3)4)14-18(21)5;1-9-18(10-2)20-14-21(19-12-11-16(3)13-17(19)4)23(5)15-22(20)24(6,7)8/h14-18,20-21H,10-13H2,1-9H3;12-13,15-18,21H,10-11,14H2,1-9H3;12-17,19H,10-11H2,1-9H3;11-15,18H,9-10H2,1-8H3/q4*+1. The van der Waals surface area contributed by atoms with Crippen LogP contribution in [0.3, 0.4) is 0 Å². The van der Waals surface area contributed by atoms with Gasteiger partial charge in [-0.15, -0.1) is 0 Å². The Morgan fingerprint density at radius 2 is 0.571 bits per heavy atom. The Morgan fingerprint density at radius 1 is 0.286 bits per heavy atom. The first-order valence-corrected chi connectivity index (χ1v) is 55.6. The molecule has 4 aromatic heterocycles. The third kappa shape index (κ3) is 23.2. The molecule has 0 spiro atoms. The second-order valence-electron chi connectivity index (χ2n) is 36.5. The zero-order chi connectivity index (χ0) is 79.1. The molecule has 8 rings (SSSR count). The van der Waals surface area contributed by atoms with Gasteiger partial charge in [-0.3, -0.25) is 0 Å². The lowest BCUT2D eigenvalue weighted by Crippen LogP contribution is -2.47. The van der Waals surface area contributed by atoms with Gasteiger partial charge in [-0.2, -0.15) is 0 Å². The van der Waals surface area contributed by atoms with Gasteiger partial charge in [-0.1, -0.05) is 230 Å². The molecule has 0 unspecified atom stereocenters. The van der Waals surface area contributed by atoms with Crippen molar-refractivity contribution in [3.05, 3.63) is 189 Å². The third-order valence-electron chi connectivity index (χ3n) is 23.2. The molecule has 8 heteroatoms. The fourth-order valence-electron chi connectivity index (χ4n) is 16.5. The van der Waals surface area contributed by atoms with Gasteiger partial charge in [0.1, 0.15) is 28.2 Å². The molecule has 0 saturated carbocycles. The monoisotopic (exact) mass is 1490 g/mol. The smallest absolute Gasteiger partial charge is 0.201 e. The summed E-state index contributed by atoms with van der Waals surface area (Å²) in [5, 5.41) is 6.49. The number of rotatable bonds is 26. The number of aromatic nitrogens is 4. The lowest BCUT2D eigenvalue weighted by atomic mass is 9.89. The zero-order valence-electron chi connectivity index (χ0n) is 74.2. The van der Waals surface area contributed by atoms with Crippen LogP contribution in [0.4, 0.5) is 0 Å². The lowest BCUT2D eigenvalue weighted by Gasteiger charge is -2.25. The first kappa shape index (κ1) is 90.0. The van der Waals surface area contributed by atoms with Crippen LogP contribution >= 0.6 is 0 Å². The van der Waals surface area contributed by atoms with E-state index in [0.29, 0.717) is 41.4 Å². The molecule has 0 N–H and O–H groups in total. The molecule has 0 fully saturated rings. The Labute approximate surface area is 650 Å². The number of pyridine rings is 4. The van der Waals surface area contributed by atoms with Gasteiger partial charge >= 0.3 is 0 Å². The van der Waals surface area contributed by atoms with Crippen molar-refractivity contribution in [3.63, 3.8) is 0 Å². The molecule has 0 bridgehead atoms. The molecular formula is C97H154N4Si4+4. The van der Waals surface area contributed by atoms with Gasteiger partial charge in [0.2, 0.25) is 22.8 Å². The van der Waals surface area contributed by atoms with Crippen LogP contribution in [0, 0.1) is 40.5 Å². The lowest BCUT2D eigenvalue weighted by molar-refractivity contribution is -0.659. The summed E-state index contributed by atoms with van der Waals surface area (Å²) in [6, 6.07) is 38.0. The average molecular weight is 1490 g/mol. The van der Waals surface area contributed by atoms with Gasteiger partial charge in [0.05, 0.1) is 32.3 Å². The summed E-state index contributed by atoms with van der Waals surface area (Å²) in [5.41, 5.74) is 28.5. The third-order valence-corrected chi connectivity index (χ3v) is 31.3. The van der Waals surface area contributed by atoms with Crippen LogP contribution in [-0.2, 0) is 34.6 Å². The van der Waals surface area contributed by atoms with Crippen molar-refractivity contribution in [3.8, 4) is 45.0 Å². The molecule has 0 amide bonds. The number of aryl methyl sites for hydroxylation is 9. The summed E-state index contributed by atoms with van der Waals surface area (Å²) < 4.78 is 9.45. The summed E-state index contributed by atoms with van der Waals surface area (Å²) in [7, 11) is 3.32. The number of benzene rings is 4. The molecule has 0 aliphatic heterocycles. The Kier molecular flexibility index (Phi) is 33.5. The second kappa shape index (κ2) is 39.1. The van der Waals surface area contributed by atoms with E-state index in [9.17, 15) is 0 Å². The number of hydrogen-bond donors (Lipinski definition) is 0. The molecule has 0 atom stereocenters. The predicted octanol–water partition coefficient (Wildman–Crippen LogP) is 24.3. The Bertz CT molecular complexity index is 4120. The fourth-order valence-corrected chi connectivity index (χ4v) is 23.4. The van der Waals surface area contributed by atoms with E-state index in [4.69, 9.17) is 0 Å². The zero-order valence-corrected chi connectivity index (χ0v) is 78.2. The Balaban J connectivity index is 0.000000252. The normalized spacial score (nSPS) is 12.2. The minimum atomic E-state index is -1.40. The predicted molar refractivity (Wildman–Crippen MR) is 477 cm³/mol. The highest BCUT2D eigenvalue weighted by Gasteiger charge is 2.34. The molecule has 4 aromatic carbocycles. The van der Waals surface area contributed by atoms with Crippen LogP contribution < -0.4 is 39.0 Å². The summed E-state index contributed by atoms with van der Waals surface area (Å²) in [6.07, 6.45) is 23.1. The van der Waals surface area contributed by atoms with E-state index in [1.807, 2.05) is 0 Å². The molecule has 0 radical (unpaired) electrons. The molecule has 0 saturated heterocycles. The highest BCUT2D eigenvalue weighted by atomic mass is 28.3. The minimum Gasteiger partial charge on any atom is -0.201 e. The van der Waals surface area contributed by atoms with Crippen molar-refractivity contribution in [2.45, 2.75) is 316 Å². The molecule has 0 aliphatic rings. The number of nitrogens with zero attached hydrogens (tertiary/aromatic N) is 4. The number of hydrogen-bond acceptors (Lipinski definition) is 0. The molecule has 0 aliphatic carbocycles. The SMILES string of the molecule is CCC(CC)c1cc(-c2ccc(C(C)C)cc2C)[n+](C)cc1[Si](C)(C)C.CCC(CC)c1cc(-c2ccc(C)cc2C)[n+](C)cc1[Si](C)(C)C.CCC(CC)c1cc(-c2ccc(CC(C)C)cc2C)[n+](C)cc1[Si](C)(C)C.CCC(CC)c1ccc(C)c(-c2cc(C(CC)CC)c([Si](C)(C)C)c[n+]2C)c1.